The van der Waals surface area contributed by atoms with Crippen LogP contribution in [-0.2, 0) is 27.4 Å². The molecular formula is C25H34N2O3S. The number of benzene rings is 1. The van der Waals surface area contributed by atoms with Crippen LogP contribution in [0.3, 0.4) is 0 Å². The van der Waals surface area contributed by atoms with Gasteiger partial charge in [-0.2, -0.15) is 0 Å². The molecule has 3 rings (SSSR count). The molecule has 0 bridgehead atoms. The summed E-state index contributed by atoms with van der Waals surface area (Å²) >= 11 is 1.67. The summed E-state index contributed by atoms with van der Waals surface area (Å²) in [6, 6.07) is 12.1. The summed E-state index contributed by atoms with van der Waals surface area (Å²) < 4.78 is 5.76. The predicted octanol–water partition coefficient (Wildman–Crippen LogP) is 4.78. The van der Waals surface area contributed by atoms with Crippen molar-refractivity contribution in [2.45, 2.75) is 65.1 Å². The topological polar surface area (TPSA) is 49.9 Å². The summed E-state index contributed by atoms with van der Waals surface area (Å²) in [6.45, 7) is 6.61. The second-order valence-corrected chi connectivity index (χ2v) is 9.28. The fraction of sp³-hybridized carbons (Fsp3) is 0.520. The molecule has 1 unspecified atom stereocenters. The molecule has 1 aliphatic rings. The number of carbonyl (C=O) groups is 2. The van der Waals surface area contributed by atoms with Gasteiger partial charge in [-0.05, 0) is 48.8 Å². The highest BCUT2D eigenvalue weighted by molar-refractivity contribution is 7.10. The van der Waals surface area contributed by atoms with Crippen LogP contribution in [0.15, 0.2) is 41.8 Å². The number of aryl methyl sites for hydroxylation is 1. The molecule has 0 radical (unpaired) electrons. The van der Waals surface area contributed by atoms with Crippen LogP contribution >= 0.6 is 11.3 Å². The van der Waals surface area contributed by atoms with E-state index in [0.717, 1.165) is 37.9 Å². The lowest BCUT2D eigenvalue weighted by atomic mass is 10.1. The molecule has 1 atom stereocenters. The highest BCUT2D eigenvalue weighted by Gasteiger charge is 2.26. The summed E-state index contributed by atoms with van der Waals surface area (Å²) in [5, 5.41) is 2.06. The molecule has 0 saturated carbocycles. The highest BCUT2D eigenvalue weighted by atomic mass is 32.1. The van der Waals surface area contributed by atoms with Gasteiger partial charge in [0.25, 0.3) is 0 Å². The minimum Gasteiger partial charge on any atom is -0.376 e. The van der Waals surface area contributed by atoms with Crippen molar-refractivity contribution in [3.05, 3.63) is 57.8 Å². The second kappa shape index (κ2) is 12.0. The Hall–Kier alpha value is -2.18. The molecule has 1 aromatic carbocycles. The minimum atomic E-state index is -0.0144. The van der Waals surface area contributed by atoms with Crippen molar-refractivity contribution in [1.82, 2.24) is 9.80 Å². The quantitative estimate of drug-likeness (QED) is 0.503. The number of unbranched alkanes of at least 4 members (excludes halogenated alkanes) is 1. The van der Waals surface area contributed by atoms with Crippen molar-refractivity contribution in [2.75, 3.05) is 19.7 Å². The Labute approximate surface area is 190 Å². The van der Waals surface area contributed by atoms with Gasteiger partial charge in [0.05, 0.1) is 19.2 Å². The zero-order valence-electron chi connectivity index (χ0n) is 18.7. The normalized spacial score (nSPS) is 15.7. The van der Waals surface area contributed by atoms with Crippen molar-refractivity contribution < 1.29 is 14.3 Å². The lowest BCUT2D eigenvalue weighted by Crippen LogP contribution is -2.45. The third kappa shape index (κ3) is 7.18. The zero-order chi connectivity index (χ0) is 22.1. The van der Waals surface area contributed by atoms with Crippen LogP contribution in [0.1, 0.15) is 55.0 Å². The molecule has 2 amide bonds. The van der Waals surface area contributed by atoms with Crippen LogP contribution in [0, 0.1) is 6.92 Å². The summed E-state index contributed by atoms with van der Waals surface area (Å²) in [7, 11) is 0. The van der Waals surface area contributed by atoms with Gasteiger partial charge in [0, 0.05) is 31.0 Å². The van der Waals surface area contributed by atoms with Gasteiger partial charge in [-0.3, -0.25) is 9.59 Å². The average molecular weight is 443 g/mol. The van der Waals surface area contributed by atoms with Gasteiger partial charge in [-0.1, -0.05) is 43.7 Å². The van der Waals surface area contributed by atoms with E-state index >= 15 is 0 Å². The number of carbonyl (C=O) groups excluding carboxylic acids is 2. The van der Waals surface area contributed by atoms with E-state index in [2.05, 4.69) is 25.3 Å². The average Bonchev–Trinajstić information content (AvgIpc) is 3.43. The van der Waals surface area contributed by atoms with E-state index in [0.29, 0.717) is 26.1 Å². The molecule has 0 aliphatic carbocycles. The Bertz CT molecular complexity index is 830. The fourth-order valence-corrected chi connectivity index (χ4v) is 4.73. The SMILES string of the molecule is CCCCC(=O)N(CC(=O)N(Cc1ccccc1)Cc1sccc1C)CC1CCCO1. The first-order valence-corrected chi connectivity index (χ1v) is 12.2. The summed E-state index contributed by atoms with van der Waals surface area (Å²) in [5.41, 5.74) is 2.29. The summed E-state index contributed by atoms with van der Waals surface area (Å²) in [5.74, 6) is 0.0390. The largest absolute Gasteiger partial charge is 0.376 e. The Balaban J connectivity index is 1.74. The van der Waals surface area contributed by atoms with E-state index in [1.54, 1.807) is 16.2 Å². The molecule has 31 heavy (non-hydrogen) atoms. The molecule has 2 heterocycles. The van der Waals surface area contributed by atoms with Crippen LogP contribution in [0.5, 0.6) is 0 Å². The standard InChI is InChI=1S/C25H34N2O3S/c1-3-4-12-24(28)27(17-22-11-8-14-30-22)19-25(29)26(16-21-9-6-5-7-10-21)18-23-20(2)13-15-31-23/h5-7,9-10,13,15,22H,3-4,8,11-12,14,16-19H2,1-2H3. The van der Waals surface area contributed by atoms with Gasteiger partial charge in [0.15, 0.2) is 0 Å². The molecule has 1 aromatic heterocycles. The predicted molar refractivity (Wildman–Crippen MR) is 125 cm³/mol. The van der Waals surface area contributed by atoms with Crippen molar-refractivity contribution in [3.8, 4) is 0 Å². The molecule has 0 spiro atoms. The first kappa shape index (κ1) is 23.5. The zero-order valence-corrected chi connectivity index (χ0v) is 19.5. The van der Waals surface area contributed by atoms with Gasteiger partial charge >= 0.3 is 0 Å². The molecular weight excluding hydrogens is 408 g/mol. The van der Waals surface area contributed by atoms with Crippen LogP contribution in [0.25, 0.3) is 0 Å². The Kier molecular flexibility index (Phi) is 9.10. The number of thiophene rings is 1. The molecule has 2 aromatic rings. The molecule has 168 valence electrons. The third-order valence-corrected chi connectivity index (χ3v) is 6.75. The molecule has 0 N–H and O–H groups in total. The van der Waals surface area contributed by atoms with Crippen molar-refractivity contribution >= 4 is 23.2 Å². The second-order valence-electron chi connectivity index (χ2n) is 8.28. The molecule has 1 saturated heterocycles. The summed E-state index contributed by atoms with van der Waals surface area (Å²) in [6.07, 6.45) is 4.31. The number of rotatable bonds is 11. The number of hydrogen-bond donors (Lipinski definition) is 0. The maximum absolute atomic E-state index is 13.4. The Morgan fingerprint density at radius 1 is 1.10 bits per heavy atom. The monoisotopic (exact) mass is 442 g/mol. The van der Waals surface area contributed by atoms with Crippen LogP contribution in [-0.4, -0.2) is 47.4 Å². The van der Waals surface area contributed by atoms with E-state index in [1.807, 2.05) is 35.2 Å². The highest BCUT2D eigenvalue weighted by Crippen LogP contribution is 2.20. The summed E-state index contributed by atoms with van der Waals surface area (Å²) in [4.78, 5) is 31.1. The fourth-order valence-electron chi connectivity index (χ4n) is 3.81. The van der Waals surface area contributed by atoms with Gasteiger partial charge in [0.2, 0.25) is 11.8 Å². The van der Waals surface area contributed by atoms with E-state index in [4.69, 9.17) is 4.74 Å². The smallest absolute Gasteiger partial charge is 0.242 e. The van der Waals surface area contributed by atoms with Gasteiger partial charge in [-0.15, -0.1) is 11.3 Å². The molecule has 6 heteroatoms. The van der Waals surface area contributed by atoms with Crippen LogP contribution in [0.2, 0.25) is 0 Å². The Morgan fingerprint density at radius 3 is 2.55 bits per heavy atom. The minimum absolute atomic E-state index is 0.0144. The van der Waals surface area contributed by atoms with Gasteiger partial charge < -0.3 is 14.5 Å². The Morgan fingerprint density at radius 2 is 1.90 bits per heavy atom. The van der Waals surface area contributed by atoms with Gasteiger partial charge in [0.1, 0.15) is 0 Å². The van der Waals surface area contributed by atoms with Crippen molar-refractivity contribution in [3.63, 3.8) is 0 Å². The van der Waals surface area contributed by atoms with Crippen molar-refractivity contribution in [1.29, 1.82) is 0 Å². The maximum atomic E-state index is 13.4. The first-order chi connectivity index (χ1) is 15.1. The molecule has 5 nitrogen and oxygen atoms in total. The van der Waals surface area contributed by atoms with Crippen molar-refractivity contribution in [2.24, 2.45) is 0 Å². The lowest BCUT2D eigenvalue weighted by Gasteiger charge is -2.29. The third-order valence-electron chi connectivity index (χ3n) is 5.74. The van der Waals surface area contributed by atoms with E-state index in [1.165, 1.54) is 10.4 Å². The van der Waals surface area contributed by atoms with Crippen LogP contribution < -0.4 is 0 Å². The maximum Gasteiger partial charge on any atom is 0.242 e. The van der Waals surface area contributed by atoms with E-state index < -0.39 is 0 Å². The molecule has 1 aliphatic heterocycles. The van der Waals surface area contributed by atoms with Gasteiger partial charge in [-0.25, -0.2) is 0 Å². The number of ether oxygens (including phenoxy) is 1. The first-order valence-electron chi connectivity index (χ1n) is 11.3. The van der Waals surface area contributed by atoms with E-state index in [9.17, 15) is 9.59 Å². The number of hydrogen-bond acceptors (Lipinski definition) is 4. The van der Waals surface area contributed by atoms with E-state index in [-0.39, 0.29) is 24.5 Å². The number of nitrogens with zero attached hydrogens (tertiary/aromatic N) is 2. The van der Waals surface area contributed by atoms with Crippen LogP contribution in [0.4, 0.5) is 0 Å². The molecule has 1 fully saturated rings. The number of amides is 2. The lowest BCUT2D eigenvalue weighted by molar-refractivity contribution is -0.142.